The second-order valence-corrected chi connectivity index (χ2v) is 7.39. The van der Waals surface area contributed by atoms with E-state index in [1.165, 1.54) is 17.0 Å². The van der Waals surface area contributed by atoms with Gasteiger partial charge in [0.1, 0.15) is 0 Å². The van der Waals surface area contributed by atoms with Crippen molar-refractivity contribution in [3.05, 3.63) is 28.9 Å². The highest BCUT2D eigenvalue weighted by molar-refractivity contribution is 7.92. The van der Waals surface area contributed by atoms with Crippen molar-refractivity contribution in [2.75, 3.05) is 5.75 Å². The highest BCUT2D eigenvalue weighted by atomic mass is 32.2. The second-order valence-electron chi connectivity index (χ2n) is 4.53. The maximum atomic E-state index is 11.8. The maximum absolute atomic E-state index is 11.8. The predicted octanol–water partition coefficient (Wildman–Crippen LogP) is 0.457. The van der Waals surface area contributed by atoms with Gasteiger partial charge in [0.05, 0.1) is 10.5 Å². The molecule has 0 spiro atoms. The van der Waals surface area contributed by atoms with Crippen LogP contribution >= 0.6 is 0 Å². The fourth-order valence-corrected chi connectivity index (χ4v) is 2.13. The minimum Gasteiger partial charge on any atom is -0.298 e. The van der Waals surface area contributed by atoms with Crippen LogP contribution in [0.2, 0.25) is 0 Å². The molecule has 1 rings (SSSR count). The zero-order valence-corrected chi connectivity index (χ0v) is 10.5. The van der Waals surface area contributed by atoms with Crippen molar-refractivity contribution in [1.29, 1.82) is 0 Å². The van der Waals surface area contributed by atoms with E-state index in [4.69, 9.17) is 0 Å². The zero-order valence-electron chi connectivity index (χ0n) is 9.67. The van der Waals surface area contributed by atoms with E-state index in [1.54, 1.807) is 26.8 Å². The summed E-state index contributed by atoms with van der Waals surface area (Å²) in [5.41, 5.74) is -0.424. The number of aryl methyl sites for hydroxylation is 1. The first kappa shape index (κ1) is 12.9. The standard InChI is InChI=1S/C10H16N2O3S/c1-10(2,3)16(14,15)8-7-12-6-4-5-11-9(12)13/h4-6H,7-8H2,1-3H3. The Bertz CT molecular complexity index is 511. The Hall–Kier alpha value is -1.17. The lowest BCUT2D eigenvalue weighted by Gasteiger charge is -2.19. The van der Waals surface area contributed by atoms with Gasteiger partial charge in [0.25, 0.3) is 0 Å². The largest absolute Gasteiger partial charge is 0.347 e. The number of rotatable bonds is 3. The first-order valence-corrected chi connectivity index (χ1v) is 6.63. The van der Waals surface area contributed by atoms with Crippen molar-refractivity contribution in [1.82, 2.24) is 9.55 Å². The molecule has 1 heterocycles. The third kappa shape index (κ3) is 2.91. The lowest BCUT2D eigenvalue weighted by molar-refractivity contribution is 0.551. The van der Waals surface area contributed by atoms with E-state index in [9.17, 15) is 13.2 Å². The van der Waals surface area contributed by atoms with Crippen LogP contribution in [0.5, 0.6) is 0 Å². The Morgan fingerprint density at radius 3 is 2.50 bits per heavy atom. The molecule has 0 bridgehead atoms. The maximum Gasteiger partial charge on any atom is 0.347 e. The van der Waals surface area contributed by atoms with Crippen LogP contribution in [-0.2, 0) is 16.4 Å². The molecular formula is C10H16N2O3S. The van der Waals surface area contributed by atoms with E-state index in [2.05, 4.69) is 4.98 Å². The van der Waals surface area contributed by atoms with Crippen LogP contribution in [-0.4, -0.2) is 28.5 Å². The normalized spacial score (nSPS) is 12.7. The quantitative estimate of drug-likeness (QED) is 0.774. The SMILES string of the molecule is CC(C)(C)S(=O)(=O)CCn1cccnc1=O. The number of hydrogen-bond donors (Lipinski definition) is 0. The summed E-state index contributed by atoms with van der Waals surface area (Å²) in [7, 11) is -3.20. The van der Waals surface area contributed by atoms with Crippen LogP contribution < -0.4 is 5.69 Å². The van der Waals surface area contributed by atoms with Gasteiger partial charge in [-0.3, -0.25) is 4.57 Å². The average Bonchev–Trinajstić information content (AvgIpc) is 2.15. The third-order valence-electron chi connectivity index (χ3n) is 2.32. The summed E-state index contributed by atoms with van der Waals surface area (Å²) >= 11 is 0. The zero-order chi connectivity index (χ0) is 12.4. The van der Waals surface area contributed by atoms with E-state index in [1.807, 2.05) is 0 Å². The molecule has 0 N–H and O–H groups in total. The molecule has 0 atom stereocenters. The molecule has 0 saturated carbocycles. The molecule has 0 saturated heterocycles. The molecule has 0 radical (unpaired) electrons. The summed E-state index contributed by atoms with van der Waals surface area (Å²) in [4.78, 5) is 14.8. The van der Waals surface area contributed by atoms with Gasteiger partial charge in [-0.05, 0) is 26.8 Å². The van der Waals surface area contributed by atoms with E-state index >= 15 is 0 Å². The van der Waals surface area contributed by atoms with Crippen LogP contribution in [0.3, 0.4) is 0 Å². The Morgan fingerprint density at radius 2 is 2.00 bits per heavy atom. The van der Waals surface area contributed by atoms with E-state index < -0.39 is 20.3 Å². The van der Waals surface area contributed by atoms with Crippen LogP contribution in [0.25, 0.3) is 0 Å². The summed E-state index contributed by atoms with van der Waals surface area (Å²) < 4.78 is 24.1. The number of sulfone groups is 1. The monoisotopic (exact) mass is 244 g/mol. The molecule has 6 heteroatoms. The highest BCUT2D eigenvalue weighted by Gasteiger charge is 2.28. The lowest BCUT2D eigenvalue weighted by atomic mass is 10.3. The van der Waals surface area contributed by atoms with E-state index in [-0.39, 0.29) is 12.3 Å². The van der Waals surface area contributed by atoms with Crippen molar-refractivity contribution in [2.45, 2.75) is 32.1 Å². The predicted molar refractivity (Wildman–Crippen MR) is 62.0 cm³/mol. The van der Waals surface area contributed by atoms with Gasteiger partial charge >= 0.3 is 5.69 Å². The van der Waals surface area contributed by atoms with Gasteiger partial charge in [0.2, 0.25) is 0 Å². The van der Waals surface area contributed by atoms with Crippen LogP contribution in [0.4, 0.5) is 0 Å². The molecule has 0 aliphatic carbocycles. The summed E-state index contributed by atoms with van der Waals surface area (Å²) in [5, 5.41) is 0. The summed E-state index contributed by atoms with van der Waals surface area (Å²) in [5.74, 6) is -0.0535. The van der Waals surface area contributed by atoms with Gasteiger partial charge in [-0.25, -0.2) is 18.2 Å². The smallest absolute Gasteiger partial charge is 0.298 e. The number of aromatic nitrogens is 2. The molecule has 1 aromatic heterocycles. The molecule has 0 fully saturated rings. The highest BCUT2D eigenvalue weighted by Crippen LogP contribution is 2.15. The van der Waals surface area contributed by atoms with E-state index in [0.717, 1.165) is 0 Å². The number of hydrogen-bond acceptors (Lipinski definition) is 4. The van der Waals surface area contributed by atoms with Gasteiger partial charge in [-0.2, -0.15) is 0 Å². The Kier molecular flexibility index (Phi) is 3.52. The molecule has 0 aromatic carbocycles. The van der Waals surface area contributed by atoms with Crippen LogP contribution in [0.15, 0.2) is 23.3 Å². The topological polar surface area (TPSA) is 69.0 Å². The van der Waals surface area contributed by atoms with Crippen molar-refractivity contribution in [3.63, 3.8) is 0 Å². The van der Waals surface area contributed by atoms with Crippen LogP contribution in [0.1, 0.15) is 20.8 Å². The first-order chi connectivity index (χ1) is 7.24. The van der Waals surface area contributed by atoms with Crippen molar-refractivity contribution >= 4 is 9.84 Å². The Balaban J connectivity index is 2.81. The lowest BCUT2D eigenvalue weighted by Crippen LogP contribution is -2.34. The molecule has 16 heavy (non-hydrogen) atoms. The first-order valence-electron chi connectivity index (χ1n) is 4.98. The van der Waals surface area contributed by atoms with Crippen molar-refractivity contribution in [3.8, 4) is 0 Å². The number of nitrogens with zero attached hydrogens (tertiary/aromatic N) is 2. The Labute approximate surface area is 95.1 Å². The second kappa shape index (κ2) is 4.37. The van der Waals surface area contributed by atoms with Gasteiger partial charge in [0, 0.05) is 18.9 Å². The Morgan fingerprint density at radius 1 is 1.38 bits per heavy atom. The minimum absolute atomic E-state index is 0.0535. The van der Waals surface area contributed by atoms with Gasteiger partial charge in [-0.1, -0.05) is 0 Å². The summed E-state index contributed by atoms with van der Waals surface area (Å²) in [6.45, 7) is 5.09. The molecule has 0 aliphatic rings. The van der Waals surface area contributed by atoms with Crippen molar-refractivity contribution in [2.24, 2.45) is 0 Å². The molecule has 0 aliphatic heterocycles. The van der Waals surface area contributed by atoms with Gasteiger partial charge in [-0.15, -0.1) is 0 Å². The molecule has 0 amide bonds. The molecule has 1 aromatic rings. The fraction of sp³-hybridized carbons (Fsp3) is 0.600. The van der Waals surface area contributed by atoms with E-state index in [0.29, 0.717) is 0 Å². The van der Waals surface area contributed by atoms with Crippen LogP contribution in [0, 0.1) is 0 Å². The fourth-order valence-electron chi connectivity index (χ4n) is 1.08. The summed E-state index contributed by atoms with van der Waals surface area (Å²) in [6.07, 6.45) is 2.92. The molecule has 5 nitrogen and oxygen atoms in total. The third-order valence-corrected chi connectivity index (χ3v) is 4.90. The molecule has 0 unspecified atom stereocenters. The minimum atomic E-state index is -3.20. The molecule has 90 valence electrons. The van der Waals surface area contributed by atoms with Gasteiger partial charge < -0.3 is 0 Å². The average molecular weight is 244 g/mol. The summed E-state index contributed by atoms with van der Waals surface area (Å²) in [6, 6.07) is 1.60. The van der Waals surface area contributed by atoms with Gasteiger partial charge in [0.15, 0.2) is 9.84 Å². The van der Waals surface area contributed by atoms with Crippen molar-refractivity contribution < 1.29 is 8.42 Å². The molecular weight excluding hydrogens is 228 g/mol.